The number of amides is 1. The molecule has 6 nitrogen and oxygen atoms in total. The molecule has 1 N–H and O–H groups in total. The molecule has 4 aromatic rings. The first-order chi connectivity index (χ1) is 16.6. The van der Waals surface area contributed by atoms with Gasteiger partial charge in [-0.15, -0.1) is 0 Å². The average Bonchev–Trinajstić information content (AvgIpc) is 3.36. The van der Waals surface area contributed by atoms with Crippen molar-refractivity contribution in [3.63, 3.8) is 0 Å². The quantitative estimate of drug-likeness (QED) is 0.400. The minimum absolute atomic E-state index is 0.00698. The summed E-state index contributed by atoms with van der Waals surface area (Å²) in [5.41, 5.74) is 6.47. The highest BCUT2D eigenvalue weighted by Crippen LogP contribution is 2.44. The number of para-hydroxylation sites is 1. The van der Waals surface area contributed by atoms with E-state index in [9.17, 15) is 14.7 Å². The molecule has 3 aromatic carbocycles. The Hall–Kier alpha value is -4.06. The molecule has 0 spiro atoms. The van der Waals surface area contributed by atoms with Gasteiger partial charge in [0, 0.05) is 29.6 Å². The smallest absolute Gasteiger partial charge is 0.410 e. The molecular weight excluding hydrogens is 428 g/mol. The fourth-order valence-corrected chi connectivity index (χ4v) is 4.92. The Bertz CT molecular complexity index is 1330. The third kappa shape index (κ3) is 3.92. The monoisotopic (exact) mass is 454 g/mol. The highest BCUT2D eigenvalue weighted by Gasteiger charge is 2.29. The molecule has 0 bridgehead atoms. The van der Waals surface area contributed by atoms with Crippen LogP contribution in [0.1, 0.15) is 29.5 Å². The Balaban J connectivity index is 1.34. The molecule has 1 aliphatic carbocycles. The predicted octanol–water partition coefficient (Wildman–Crippen LogP) is 5.50. The summed E-state index contributed by atoms with van der Waals surface area (Å²) < 4.78 is 7.54. The van der Waals surface area contributed by atoms with Crippen molar-refractivity contribution in [1.82, 2.24) is 9.47 Å². The molecule has 0 saturated heterocycles. The maximum atomic E-state index is 13.1. The number of nitrogens with zero attached hydrogens (tertiary/aromatic N) is 2. The standard InChI is InChI=1S/C28H26N2O4/c1-2-29(15-19-16-30(17-27(31)32)26-14-8-7-9-20(19)26)28(33)34-18-25-23-12-5-3-10-21(23)22-11-4-6-13-24(22)25/h3-14,16,25H,2,15,17-18H2,1H3,(H,31,32). The molecule has 0 saturated carbocycles. The lowest BCUT2D eigenvalue weighted by molar-refractivity contribution is -0.137. The topological polar surface area (TPSA) is 71.8 Å². The second-order valence-electron chi connectivity index (χ2n) is 8.51. The van der Waals surface area contributed by atoms with Gasteiger partial charge in [-0.1, -0.05) is 66.7 Å². The largest absolute Gasteiger partial charge is 0.480 e. The van der Waals surface area contributed by atoms with Gasteiger partial charge >= 0.3 is 12.1 Å². The predicted molar refractivity (Wildman–Crippen MR) is 131 cm³/mol. The molecule has 1 aromatic heterocycles. The van der Waals surface area contributed by atoms with Crippen LogP contribution in [0.3, 0.4) is 0 Å². The summed E-state index contributed by atoms with van der Waals surface area (Å²) in [5.74, 6) is -0.899. The van der Waals surface area contributed by atoms with E-state index in [2.05, 4.69) is 24.3 Å². The molecular formula is C28H26N2O4. The van der Waals surface area contributed by atoms with Crippen LogP contribution in [0.4, 0.5) is 4.79 Å². The molecule has 0 aliphatic heterocycles. The van der Waals surface area contributed by atoms with Crippen LogP contribution < -0.4 is 0 Å². The molecule has 172 valence electrons. The van der Waals surface area contributed by atoms with E-state index in [0.717, 1.165) is 16.5 Å². The molecule has 5 rings (SSSR count). The Morgan fingerprint density at radius 2 is 1.56 bits per heavy atom. The molecule has 0 fully saturated rings. The number of hydrogen-bond donors (Lipinski definition) is 1. The van der Waals surface area contributed by atoms with Gasteiger partial charge in [0.1, 0.15) is 13.2 Å². The van der Waals surface area contributed by atoms with Crippen molar-refractivity contribution in [3.8, 4) is 11.1 Å². The number of carboxylic acids is 1. The van der Waals surface area contributed by atoms with Gasteiger partial charge in [0.05, 0.1) is 6.54 Å². The van der Waals surface area contributed by atoms with Gasteiger partial charge in [0.2, 0.25) is 0 Å². The Kier molecular flexibility index (Phi) is 5.80. The molecule has 0 unspecified atom stereocenters. The van der Waals surface area contributed by atoms with Gasteiger partial charge in [-0.3, -0.25) is 4.79 Å². The number of carbonyl (C=O) groups excluding carboxylic acids is 1. The zero-order chi connectivity index (χ0) is 23.7. The zero-order valence-electron chi connectivity index (χ0n) is 19.0. The Labute approximate surface area is 198 Å². The van der Waals surface area contributed by atoms with Crippen molar-refractivity contribution < 1.29 is 19.4 Å². The van der Waals surface area contributed by atoms with E-state index in [4.69, 9.17) is 4.74 Å². The third-order valence-electron chi connectivity index (χ3n) is 6.51. The summed E-state index contributed by atoms with van der Waals surface area (Å²) in [4.78, 5) is 26.0. The first-order valence-electron chi connectivity index (χ1n) is 11.4. The normalized spacial score (nSPS) is 12.4. The van der Waals surface area contributed by atoms with Gasteiger partial charge in [0.25, 0.3) is 0 Å². The summed E-state index contributed by atoms with van der Waals surface area (Å²) in [6.45, 7) is 2.88. The second-order valence-corrected chi connectivity index (χ2v) is 8.51. The number of aliphatic carboxylic acids is 1. The van der Waals surface area contributed by atoms with Crippen LogP contribution in [0.15, 0.2) is 79.0 Å². The highest BCUT2D eigenvalue weighted by atomic mass is 16.6. The first-order valence-corrected chi connectivity index (χ1v) is 11.4. The van der Waals surface area contributed by atoms with E-state index in [1.54, 1.807) is 9.47 Å². The van der Waals surface area contributed by atoms with Crippen molar-refractivity contribution in [2.45, 2.75) is 25.9 Å². The Morgan fingerprint density at radius 1 is 0.941 bits per heavy atom. The van der Waals surface area contributed by atoms with E-state index >= 15 is 0 Å². The lowest BCUT2D eigenvalue weighted by Gasteiger charge is -2.22. The summed E-state index contributed by atoms with van der Waals surface area (Å²) in [5, 5.41) is 10.2. The molecule has 1 amide bonds. The van der Waals surface area contributed by atoms with E-state index in [-0.39, 0.29) is 25.2 Å². The van der Waals surface area contributed by atoms with Crippen molar-refractivity contribution in [2.75, 3.05) is 13.2 Å². The molecule has 34 heavy (non-hydrogen) atoms. The number of carbonyl (C=O) groups is 2. The maximum absolute atomic E-state index is 13.1. The third-order valence-corrected chi connectivity index (χ3v) is 6.51. The SMILES string of the molecule is CCN(Cc1cn(CC(=O)O)c2ccccc12)C(=O)OCC1c2ccccc2-c2ccccc21. The van der Waals surface area contributed by atoms with Gasteiger partial charge in [-0.05, 0) is 40.8 Å². The Morgan fingerprint density at radius 3 is 2.21 bits per heavy atom. The minimum Gasteiger partial charge on any atom is -0.480 e. The number of benzene rings is 3. The number of hydrogen-bond acceptors (Lipinski definition) is 3. The van der Waals surface area contributed by atoms with Crippen LogP contribution in [-0.2, 0) is 22.6 Å². The number of rotatable bonds is 7. The van der Waals surface area contributed by atoms with Gasteiger partial charge in [-0.2, -0.15) is 0 Å². The highest BCUT2D eigenvalue weighted by molar-refractivity contribution is 5.85. The lowest BCUT2D eigenvalue weighted by Crippen LogP contribution is -2.32. The fourth-order valence-electron chi connectivity index (χ4n) is 4.92. The van der Waals surface area contributed by atoms with Crippen LogP contribution in [0.5, 0.6) is 0 Å². The molecule has 1 heterocycles. The molecule has 0 radical (unpaired) electrons. The average molecular weight is 455 g/mol. The van der Waals surface area contributed by atoms with Gasteiger partial charge in [-0.25, -0.2) is 4.79 Å². The van der Waals surface area contributed by atoms with E-state index in [1.165, 1.54) is 22.3 Å². The van der Waals surface area contributed by atoms with Crippen molar-refractivity contribution in [1.29, 1.82) is 0 Å². The molecule has 0 atom stereocenters. The number of aromatic nitrogens is 1. The summed E-state index contributed by atoms with van der Waals surface area (Å²) >= 11 is 0. The summed E-state index contributed by atoms with van der Waals surface area (Å²) in [6, 6.07) is 24.2. The van der Waals surface area contributed by atoms with Crippen molar-refractivity contribution >= 4 is 23.0 Å². The number of fused-ring (bicyclic) bond motifs is 4. The van der Waals surface area contributed by atoms with Crippen LogP contribution in [0.25, 0.3) is 22.0 Å². The van der Waals surface area contributed by atoms with Crippen LogP contribution in [0.2, 0.25) is 0 Å². The van der Waals surface area contributed by atoms with Crippen LogP contribution >= 0.6 is 0 Å². The number of ether oxygens (including phenoxy) is 1. The summed E-state index contributed by atoms with van der Waals surface area (Å²) in [7, 11) is 0. The van der Waals surface area contributed by atoms with Gasteiger partial charge < -0.3 is 19.3 Å². The minimum atomic E-state index is -0.906. The molecule has 6 heteroatoms. The van der Waals surface area contributed by atoms with Crippen molar-refractivity contribution in [3.05, 3.63) is 95.7 Å². The van der Waals surface area contributed by atoms with Crippen LogP contribution in [-0.4, -0.2) is 39.8 Å². The van der Waals surface area contributed by atoms with Gasteiger partial charge in [0.15, 0.2) is 0 Å². The van der Waals surface area contributed by atoms with Crippen molar-refractivity contribution in [2.24, 2.45) is 0 Å². The van der Waals surface area contributed by atoms with E-state index in [1.807, 2.05) is 61.7 Å². The fraction of sp³-hybridized carbons (Fsp3) is 0.214. The zero-order valence-corrected chi connectivity index (χ0v) is 19.0. The number of carboxylic acid groups (broad SMARTS) is 1. The molecule has 1 aliphatic rings. The second kappa shape index (κ2) is 9.06. The van der Waals surface area contributed by atoms with Crippen LogP contribution in [0, 0.1) is 0 Å². The maximum Gasteiger partial charge on any atom is 0.410 e. The van der Waals surface area contributed by atoms with E-state index in [0.29, 0.717) is 13.1 Å². The lowest BCUT2D eigenvalue weighted by atomic mass is 9.98. The first kappa shape index (κ1) is 21.8. The summed E-state index contributed by atoms with van der Waals surface area (Å²) in [6.07, 6.45) is 1.44. The van der Waals surface area contributed by atoms with E-state index < -0.39 is 5.97 Å².